The summed E-state index contributed by atoms with van der Waals surface area (Å²) in [5.41, 5.74) is 3.29. The minimum Gasteiger partial charge on any atom is -0.495 e. The van der Waals surface area contributed by atoms with Crippen LogP contribution in [0, 0.1) is 13.8 Å². The number of carbonyl (C=O) groups excluding carboxylic acids is 2. The summed E-state index contributed by atoms with van der Waals surface area (Å²) in [7, 11) is -2.45. The van der Waals surface area contributed by atoms with Crippen LogP contribution < -0.4 is 14.4 Å². The van der Waals surface area contributed by atoms with E-state index in [2.05, 4.69) is 5.32 Å². The third kappa shape index (κ3) is 9.08. The summed E-state index contributed by atoms with van der Waals surface area (Å²) in [5, 5.41) is 3.03. The van der Waals surface area contributed by atoms with E-state index in [-0.39, 0.29) is 24.6 Å². The molecule has 0 aromatic heterocycles. The van der Waals surface area contributed by atoms with Gasteiger partial charge in [0.25, 0.3) is 0 Å². The van der Waals surface area contributed by atoms with Crippen LogP contribution in [0.15, 0.2) is 72.8 Å². The number of hydrogen-bond donors (Lipinski definition) is 1. The lowest BCUT2D eigenvalue weighted by atomic mass is 10.0. The van der Waals surface area contributed by atoms with Gasteiger partial charge in [0.05, 0.1) is 19.1 Å². The molecule has 0 radical (unpaired) electrons. The first kappa shape index (κ1) is 31.7. The summed E-state index contributed by atoms with van der Waals surface area (Å²) < 4.78 is 32.6. The fourth-order valence-electron chi connectivity index (χ4n) is 4.49. The highest BCUT2D eigenvalue weighted by atomic mass is 32.2. The number of ether oxygens (including phenoxy) is 1. The molecule has 0 aliphatic heterocycles. The van der Waals surface area contributed by atoms with E-state index in [1.807, 2.05) is 89.2 Å². The third-order valence-electron chi connectivity index (χ3n) is 6.53. The summed E-state index contributed by atoms with van der Waals surface area (Å²) in [6, 6.07) is 21.4. The zero-order valence-corrected chi connectivity index (χ0v) is 25.8. The zero-order valence-electron chi connectivity index (χ0n) is 25.0. The van der Waals surface area contributed by atoms with E-state index in [9.17, 15) is 18.0 Å². The largest absolute Gasteiger partial charge is 0.495 e. The number of benzene rings is 3. The number of methoxy groups -OCH3 is 1. The molecule has 1 unspecified atom stereocenters. The number of rotatable bonds is 11. The van der Waals surface area contributed by atoms with E-state index in [1.54, 1.807) is 18.2 Å². The monoisotopic (exact) mass is 579 g/mol. The van der Waals surface area contributed by atoms with Crippen molar-refractivity contribution in [3.63, 3.8) is 0 Å². The normalized spacial score (nSPS) is 12.4. The highest BCUT2D eigenvalue weighted by Crippen LogP contribution is 2.31. The molecular weight excluding hydrogens is 538 g/mol. The maximum atomic E-state index is 14.2. The van der Waals surface area contributed by atoms with Crippen LogP contribution in [0.25, 0.3) is 0 Å². The summed E-state index contributed by atoms with van der Waals surface area (Å²) in [5.74, 6) is -0.504. The van der Waals surface area contributed by atoms with Gasteiger partial charge in [0.2, 0.25) is 21.8 Å². The van der Waals surface area contributed by atoms with Crippen molar-refractivity contribution in [3.8, 4) is 5.75 Å². The quantitative estimate of drug-likeness (QED) is 0.357. The van der Waals surface area contributed by atoms with Gasteiger partial charge in [-0.15, -0.1) is 0 Å². The van der Waals surface area contributed by atoms with Crippen LogP contribution in [-0.2, 0) is 32.6 Å². The smallest absolute Gasteiger partial charge is 0.244 e. The Morgan fingerprint density at radius 2 is 1.51 bits per heavy atom. The summed E-state index contributed by atoms with van der Waals surface area (Å²) >= 11 is 0. The van der Waals surface area contributed by atoms with Gasteiger partial charge in [-0.2, -0.15) is 0 Å². The molecule has 0 bridgehead atoms. The number of sulfonamides is 1. The molecule has 0 aliphatic carbocycles. The first-order chi connectivity index (χ1) is 19.2. The van der Waals surface area contributed by atoms with Crippen LogP contribution in [0.5, 0.6) is 5.75 Å². The molecule has 0 saturated heterocycles. The molecular formula is C32H41N3O5S. The summed E-state index contributed by atoms with van der Waals surface area (Å²) in [6.07, 6.45) is 1.31. The molecule has 0 saturated carbocycles. The van der Waals surface area contributed by atoms with Crippen LogP contribution in [0.1, 0.15) is 43.0 Å². The van der Waals surface area contributed by atoms with Crippen molar-refractivity contribution >= 4 is 27.5 Å². The predicted molar refractivity (Wildman–Crippen MR) is 163 cm³/mol. The Morgan fingerprint density at radius 1 is 0.902 bits per heavy atom. The van der Waals surface area contributed by atoms with E-state index in [4.69, 9.17) is 4.74 Å². The summed E-state index contributed by atoms with van der Waals surface area (Å²) in [6.45, 7) is 9.07. The Kier molecular flexibility index (Phi) is 10.2. The van der Waals surface area contributed by atoms with Crippen molar-refractivity contribution in [2.24, 2.45) is 0 Å². The lowest BCUT2D eigenvalue weighted by molar-refractivity contribution is -0.140. The molecule has 0 aliphatic rings. The number of nitrogens with zero attached hydrogens (tertiary/aromatic N) is 2. The Morgan fingerprint density at radius 3 is 2.07 bits per heavy atom. The zero-order chi connectivity index (χ0) is 30.4. The Labute approximate surface area is 244 Å². The number of carbonyl (C=O) groups is 2. The lowest BCUT2D eigenvalue weighted by Gasteiger charge is -2.35. The van der Waals surface area contributed by atoms with Crippen molar-refractivity contribution in [2.75, 3.05) is 24.2 Å². The van der Waals surface area contributed by atoms with E-state index in [0.717, 1.165) is 32.8 Å². The molecule has 0 fully saturated rings. The highest BCUT2D eigenvalue weighted by Gasteiger charge is 2.35. The molecule has 0 heterocycles. The Bertz CT molecular complexity index is 1450. The van der Waals surface area contributed by atoms with E-state index >= 15 is 0 Å². The topological polar surface area (TPSA) is 96.0 Å². The Balaban J connectivity index is 2.11. The second kappa shape index (κ2) is 13.2. The standard InChI is InChI=1S/C32H41N3O5S/c1-23-13-16-26(17-14-23)21-34(28(31(37)33-32(3,4)5)20-25-11-9-8-10-12-25)30(36)22-35(41(7,38)39)27-19-24(2)15-18-29(27)40-6/h8-19,28H,20-22H2,1-7H3,(H,33,37). The van der Waals surface area contributed by atoms with Gasteiger partial charge >= 0.3 is 0 Å². The maximum Gasteiger partial charge on any atom is 0.244 e. The van der Waals surface area contributed by atoms with Crippen molar-refractivity contribution in [2.45, 2.75) is 59.2 Å². The molecule has 3 rings (SSSR count). The number of hydrogen-bond acceptors (Lipinski definition) is 5. The molecule has 0 spiro atoms. The average molecular weight is 580 g/mol. The van der Waals surface area contributed by atoms with Gasteiger partial charge in [-0.05, 0) is 63.4 Å². The molecule has 41 heavy (non-hydrogen) atoms. The van der Waals surface area contributed by atoms with Gasteiger partial charge in [0.1, 0.15) is 18.3 Å². The van der Waals surface area contributed by atoms with Crippen LogP contribution in [0.4, 0.5) is 5.69 Å². The summed E-state index contributed by atoms with van der Waals surface area (Å²) in [4.78, 5) is 29.5. The fraction of sp³-hybridized carbons (Fsp3) is 0.375. The van der Waals surface area contributed by atoms with Crippen LogP contribution >= 0.6 is 0 Å². The molecule has 3 aromatic carbocycles. The van der Waals surface area contributed by atoms with Gasteiger partial charge in [0.15, 0.2) is 0 Å². The number of anilines is 1. The second-order valence-corrected chi connectivity index (χ2v) is 13.3. The van der Waals surface area contributed by atoms with E-state index in [1.165, 1.54) is 12.0 Å². The van der Waals surface area contributed by atoms with Crippen LogP contribution in [-0.4, -0.2) is 56.6 Å². The van der Waals surface area contributed by atoms with E-state index in [0.29, 0.717) is 5.75 Å². The first-order valence-corrected chi connectivity index (χ1v) is 15.4. The van der Waals surface area contributed by atoms with E-state index < -0.39 is 34.1 Å². The molecule has 220 valence electrons. The maximum absolute atomic E-state index is 14.2. The third-order valence-corrected chi connectivity index (χ3v) is 7.65. The fourth-order valence-corrected chi connectivity index (χ4v) is 5.33. The van der Waals surface area contributed by atoms with Crippen molar-refractivity contribution in [1.29, 1.82) is 0 Å². The van der Waals surface area contributed by atoms with Gasteiger partial charge in [-0.3, -0.25) is 13.9 Å². The number of amides is 2. The minimum absolute atomic E-state index is 0.122. The van der Waals surface area contributed by atoms with Crippen molar-refractivity contribution in [3.05, 3.63) is 95.1 Å². The molecule has 8 nitrogen and oxygen atoms in total. The molecule has 9 heteroatoms. The lowest BCUT2D eigenvalue weighted by Crippen LogP contribution is -2.56. The van der Waals surface area contributed by atoms with Gasteiger partial charge in [-0.1, -0.05) is 66.2 Å². The molecule has 1 N–H and O–H groups in total. The highest BCUT2D eigenvalue weighted by molar-refractivity contribution is 7.92. The number of nitrogens with one attached hydrogen (secondary N) is 1. The van der Waals surface area contributed by atoms with Crippen molar-refractivity contribution < 1.29 is 22.7 Å². The average Bonchev–Trinajstić information content (AvgIpc) is 2.89. The molecule has 1 atom stereocenters. The number of aryl methyl sites for hydroxylation is 2. The predicted octanol–water partition coefficient (Wildman–Crippen LogP) is 4.63. The van der Waals surface area contributed by atoms with Gasteiger partial charge in [0, 0.05) is 18.5 Å². The van der Waals surface area contributed by atoms with Gasteiger partial charge in [-0.25, -0.2) is 8.42 Å². The minimum atomic E-state index is -3.90. The second-order valence-electron chi connectivity index (χ2n) is 11.4. The Hall–Kier alpha value is -3.85. The van der Waals surface area contributed by atoms with Crippen molar-refractivity contribution in [1.82, 2.24) is 10.2 Å². The van der Waals surface area contributed by atoms with Crippen LogP contribution in [0.2, 0.25) is 0 Å². The SMILES string of the molecule is COc1ccc(C)cc1N(CC(=O)N(Cc1ccc(C)cc1)C(Cc1ccccc1)C(=O)NC(C)(C)C)S(C)(=O)=O. The molecule has 2 amide bonds. The van der Waals surface area contributed by atoms with Gasteiger partial charge < -0.3 is 15.0 Å². The molecule has 3 aromatic rings. The van der Waals surface area contributed by atoms with Crippen LogP contribution in [0.3, 0.4) is 0 Å². The first-order valence-electron chi connectivity index (χ1n) is 13.5.